The van der Waals surface area contributed by atoms with Crippen molar-refractivity contribution >= 4 is 27.5 Å². The Morgan fingerprint density at radius 2 is 2.17 bits per heavy atom. The number of benzene rings is 1. The third kappa shape index (κ3) is 5.68. The number of hydrogen-bond acceptors (Lipinski definition) is 1. The van der Waals surface area contributed by atoms with Crippen LogP contribution in [0, 0.1) is 11.7 Å². The number of hydrogen-bond donors (Lipinski definition) is 1. The molecule has 0 aliphatic rings. The summed E-state index contributed by atoms with van der Waals surface area (Å²) in [6, 6.07) is 5.12. The van der Waals surface area contributed by atoms with Crippen LogP contribution >= 0.6 is 27.5 Å². The largest absolute Gasteiger partial charge is 0.312 e. The highest BCUT2D eigenvalue weighted by atomic mass is 79.9. The average molecular weight is 337 g/mol. The summed E-state index contributed by atoms with van der Waals surface area (Å²) >= 11 is 8.99. The van der Waals surface area contributed by atoms with Gasteiger partial charge in [0.05, 0.1) is 4.47 Å². The summed E-state index contributed by atoms with van der Waals surface area (Å²) in [4.78, 5) is 0. The first-order valence-corrected chi connectivity index (χ1v) is 7.70. The molecule has 18 heavy (non-hydrogen) atoms. The van der Waals surface area contributed by atoms with E-state index in [0.29, 0.717) is 16.3 Å². The van der Waals surface area contributed by atoms with Gasteiger partial charge >= 0.3 is 0 Å². The molecule has 0 spiro atoms. The molecule has 0 heterocycles. The Morgan fingerprint density at radius 3 is 2.78 bits per heavy atom. The SMILES string of the molecule is CCCC(CCCl)CNCc1ccc(F)c(Br)c1. The van der Waals surface area contributed by atoms with Gasteiger partial charge in [-0.25, -0.2) is 4.39 Å². The lowest BCUT2D eigenvalue weighted by Gasteiger charge is -2.15. The highest BCUT2D eigenvalue weighted by Gasteiger charge is 2.07. The topological polar surface area (TPSA) is 12.0 Å². The second-order valence-electron chi connectivity index (χ2n) is 4.51. The van der Waals surface area contributed by atoms with Crippen LogP contribution in [0.4, 0.5) is 4.39 Å². The molecule has 1 aromatic carbocycles. The van der Waals surface area contributed by atoms with Crippen LogP contribution in [-0.4, -0.2) is 12.4 Å². The van der Waals surface area contributed by atoms with E-state index in [9.17, 15) is 4.39 Å². The smallest absolute Gasteiger partial charge is 0.137 e. The maximum Gasteiger partial charge on any atom is 0.137 e. The molecule has 0 saturated heterocycles. The van der Waals surface area contributed by atoms with Gasteiger partial charge in [-0.05, 0) is 58.9 Å². The summed E-state index contributed by atoms with van der Waals surface area (Å²) in [5.74, 6) is 1.13. The van der Waals surface area contributed by atoms with E-state index in [4.69, 9.17) is 11.6 Å². The molecule has 1 nitrogen and oxygen atoms in total. The third-order valence-corrected chi connectivity index (χ3v) is 3.79. The van der Waals surface area contributed by atoms with Crippen LogP contribution in [0.25, 0.3) is 0 Å². The van der Waals surface area contributed by atoms with E-state index in [0.717, 1.165) is 25.1 Å². The maximum absolute atomic E-state index is 13.1. The zero-order chi connectivity index (χ0) is 13.4. The molecular formula is C14H20BrClFN. The van der Waals surface area contributed by atoms with Crippen LogP contribution in [-0.2, 0) is 6.54 Å². The summed E-state index contributed by atoms with van der Waals surface area (Å²) in [6.07, 6.45) is 3.44. The molecule has 1 unspecified atom stereocenters. The molecule has 0 bridgehead atoms. The van der Waals surface area contributed by atoms with Crippen LogP contribution < -0.4 is 5.32 Å². The van der Waals surface area contributed by atoms with E-state index >= 15 is 0 Å². The molecule has 0 aliphatic heterocycles. The fourth-order valence-corrected chi connectivity index (χ4v) is 2.72. The molecule has 0 aromatic heterocycles. The first-order valence-electron chi connectivity index (χ1n) is 6.38. The van der Waals surface area contributed by atoms with Crippen molar-refractivity contribution in [3.63, 3.8) is 0 Å². The van der Waals surface area contributed by atoms with Gasteiger partial charge in [0.15, 0.2) is 0 Å². The maximum atomic E-state index is 13.1. The lowest BCUT2D eigenvalue weighted by atomic mass is 10.0. The Hall–Kier alpha value is -0.120. The van der Waals surface area contributed by atoms with Crippen molar-refractivity contribution < 1.29 is 4.39 Å². The van der Waals surface area contributed by atoms with Crippen LogP contribution in [0.5, 0.6) is 0 Å². The molecular weight excluding hydrogens is 317 g/mol. The summed E-state index contributed by atoms with van der Waals surface area (Å²) in [6.45, 7) is 3.93. The van der Waals surface area contributed by atoms with Gasteiger partial charge in [0.25, 0.3) is 0 Å². The predicted molar refractivity (Wildman–Crippen MR) is 79.5 cm³/mol. The Bertz CT molecular complexity index is 354. The van der Waals surface area contributed by atoms with Crippen molar-refractivity contribution in [3.8, 4) is 0 Å². The highest BCUT2D eigenvalue weighted by molar-refractivity contribution is 9.10. The third-order valence-electron chi connectivity index (χ3n) is 2.96. The van der Waals surface area contributed by atoms with Gasteiger partial charge in [0.2, 0.25) is 0 Å². The second-order valence-corrected chi connectivity index (χ2v) is 5.74. The first kappa shape index (κ1) is 15.9. The molecule has 1 atom stereocenters. The van der Waals surface area contributed by atoms with Gasteiger partial charge in [-0.1, -0.05) is 19.4 Å². The monoisotopic (exact) mass is 335 g/mol. The van der Waals surface area contributed by atoms with Crippen LogP contribution in [0.1, 0.15) is 31.7 Å². The number of rotatable bonds is 8. The Morgan fingerprint density at radius 1 is 1.39 bits per heavy atom. The normalized spacial score (nSPS) is 12.7. The summed E-state index contributed by atoms with van der Waals surface area (Å²) in [5.41, 5.74) is 1.09. The molecule has 0 saturated carbocycles. The van der Waals surface area contributed by atoms with Crippen LogP contribution in [0.3, 0.4) is 0 Å². The summed E-state index contributed by atoms with van der Waals surface area (Å²) < 4.78 is 13.6. The van der Waals surface area contributed by atoms with E-state index in [2.05, 4.69) is 28.2 Å². The van der Waals surface area contributed by atoms with Crippen molar-refractivity contribution in [2.24, 2.45) is 5.92 Å². The number of alkyl halides is 1. The van der Waals surface area contributed by atoms with Crippen LogP contribution in [0.15, 0.2) is 22.7 Å². The summed E-state index contributed by atoms with van der Waals surface area (Å²) in [5, 5.41) is 3.42. The predicted octanol–water partition coefficient (Wildman–Crippen LogP) is 4.72. The van der Waals surface area contributed by atoms with Crippen molar-refractivity contribution in [2.45, 2.75) is 32.7 Å². The Balaban J connectivity index is 2.37. The number of nitrogens with one attached hydrogen (secondary N) is 1. The van der Waals surface area contributed by atoms with E-state index < -0.39 is 0 Å². The van der Waals surface area contributed by atoms with Crippen molar-refractivity contribution in [3.05, 3.63) is 34.1 Å². The van der Waals surface area contributed by atoms with Gasteiger partial charge in [-0.2, -0.15) is 0 Å². The van der Waals surface area contributed by atoms with Gasteiger partial charge in [0, 0.05) is 12.4 Å². The van der Waals surface area contributed by atoms with Crippen LogP contribution in [0.2, 0.25) is 0 Å². The van der Waals surface area contributed by atoms with E-state index in [1.54, 1.807) is 0 Å². The quantitative estimate of drug-likeness (QED) is 0.677. The minimum absolute atomic E-state index is 0.218. The van der Waals surface area contributed by atoms with E-state index in [-0.39, 0.29) is 5.82 Å². The fraction of sp³-hybridized carbons (Fsp3) is 0.571. The molecule has 4 heteroatoms. The minimum Gasteiger partial charge on any atom is -0.312 e. The molecule has 0 fully saturated rings. The molecule has 0 aliphatic carbocycles. The fourth-order valence-electron chi connectivity index (χ4n) is 1.98. The lowest BCUT2D eigenvalue weighted by molar-refractivity contribution is 0.430. The zero-order valence-electron chi connectivity index (χ0n) is 10.7. The van der Waals surface area contributed by atoms with E-state index in [1.165, 1.54) is 18.9 Å². The molecule has 1 rings (SSSR count). The molecule has 1 N–H and O–H groups in total. The molecule has 102 valence electrons. The molecule has 0 amide bonds. The highest BCUT2D eigenvalue weighted by Crippen LogP contribution is 2.17. The number of halogens is 3. The van der Waals surface area contributed by atoms with Crippen molar-refractivity contribution in [1.82, 2.24) is 5.32 Å². The molecule has 1 aromatic rings. The second kappa shape index (κ2) is 8.89. The van der Waals surface area contributed by atoms with Gasteiger partial charge < -0.3 is 5.32 Å². The Kier molecular flexibility index (Phi) is 7.87. The standard InChI is InChI=1S/C14H20BrClFN/c1-2-3-11(6-7-16)9-18-10-12-4-5-14(17)13(15)8-12/h4-5,8,11,18H,2-3,6-7,9-10H2,1H3. The lowest BCUT2D eigenvalue weighted by Crippen LogP contribution is -2.23. The van der Waals surface area contributed by atoms with E-state index in [1.807, 2.05) is 12.1 Å². The van der Waals surface area contributed by atoms with Gasteiger partial charge in [-0.3, -0.25) is 0 Å². The minimum atomic E-state index is -0.218. The zero-order valence-corrected chi connectivity index (χ0v) is 13.0. The van der Waals surface area contributed by atoms with Gasteiger partial charge in [0.1, 0.15) is 5.82 Å². The Labute approximate surface area is 122 Å². The van der Waals surface area contributed by atoms with Crippen molar-refractivity contribution in [1.29, 1.82) is 0 Å². The first-order chi connectivity index (χ1) is 8.67. The van der Waals surface area contributed by atoms with Gasteiger partial charge in [-0.15, -0.1) is 11.6 Å². The molecule has 0 radical (unpaired) electrons. The van der Waals surface area contributed by atoms with Crippen molar-refractivity contribution in [2.75, 3.05) is 12.4 Å². The summed E-state index contributed by atoms with van der Waals surface area (Å²) in [7, 11) is 0. The average Bonchev–Trinajstić information content (AvgIpc) is 2.34.